The van der Waals surface area contributed by atoms with Crippen molar-refractivity contribution in [2.75, 3.05) is 6.54 Å². The molecular formula is C12H17N3O4. The Labute approximate surface area is 111 Å². The highest BCUT2D eigenvalue weighted by Gasteiger charge is 2.15. The highest BCUT2D eigenvalue weighted by molar-refractivity contribution is 5.86. The van der Waals surface area contributed by atoms with E-state index in [4.69, 9.17) is 9.84 Å². The number of aromatic nitrogens is 2. The molecule has 0 radical (unpaired) electrons. The summed E-state index contributed by atoms with van der Waals surface area (Å²) in [6.45, 7) is 5.66. The first-order valence-electron chi connectivity index (χ1n) is 5.79. The van der Waals surface area contributed by atoms with E-state index in [1.54, 1.807) is 20.8 Å². The summed E-state index contributed by atoms with van der Waals surface area (Å²) in [4.78, 5) is 29.7. The Morgan fingerprint density at radius 2 is 1.89 bits per heavy atom. The molecule has 0 aliphatic heterocycles. The zero-order valence-electron chi connectivity index (χ0n) is 11.1. The second-order valence-corrected chi connectivity index (χ2v) is 4.87. The number of carbonyl (C=O) groups excluding carboxylic acids is 1. The van der Waals surface area contributed by atoms with Gasteiger partial charge < -0.3 is 15.2 Å². The van der Waals surface area contributed by atoms with E-state index in [-0.39, 0.29) is 5.56 Å². The molecule has 0 saturated heterocycles. The summed E-state index contributed by atoms with van der Waals surface area (Å²) in [7, 11) is 0. The van der Waals surface area contributed by atoms with Crippen molar-refractivity contribution in [2.45, 2.75) is 32.8 Å². The predicted molar refractivity (Wildman–Crippen MR) is 66.9 cm³/mol. The van der Waals surface area contributed by atoms with Gasteiger partial charge in [-0.25, -0.2) is 19.6 Å². The Morgan fingerprint density at radius 3 is 2.37 bits per heavy atom. The molecule has 7 nitrogen and oxygen atoms in total. The summed E-state index contributed by atoms with van der Waals surface area (Å²) in [6.07, 6.45) is 2.37. The van der Waals surface area contributed by atoms with E-state index in [1.807, 2.05) is 0 Å². The van der Waals surface area contributed by atoms with E-state index in [0.29, 0.717) is 18.8 Å². The Morgan fingerprint density at radius 1 is 1.32 bits per heavy atom. The molecule has 0 atom stereocenters. The number of nitrogens with one attached hydrogen (secondary N) is 1. The molecule has 1 amide bonds. The van der Waals surface area contributed by atoms with Gasteiger partial charge in [0.2, 0.25) is 0 Å². The number of carboxylic acids is 1. The van der Waals surface area contributed by atoms with Crippen LogP contribution < -0.4 is 5.32 Å². The van der Waals surface area contributed by atoms with Gasteiger partial charge in [-0.2, -0.15) is 0 Å². The molecule has 0 aliphatic carbocycles. The monoisotopic (exact) mass is 267 g/mol. The van der Waals surface area contributed by atoms with Crippen LogP contribution in [0.2, 0.25) is 0 Å². The van der Waals surface area contributed by atoms with Gasteiger partial charge in [0.05, 0.1) is 5.56 Å². The number of aromatic carboxylic acids is 1. The van der Waals surface area contributed by atoms with Gasteiger partial charge >= 0.3 is 12.1 Å². The summed E-state index contributed by atoms with van der Waals surface area (Å²) in [5, 5.41) is 11.2. The van der Waals surface area contributed by atoms with E-state index in [2.05, 4.69) is 15.3 Å². The summed E-state index contributed by atoms with van der Waals surface area (Å²) in [6, 6.07) is 0. The number of hydrogen-bond donors (Lipinski definition) is 2. The van der Waals surface area contributed by atoms with E-state index < -0.39 is 17.7 Å². The number of carboxylic acid groups (broad SMARTS) is 1. The lowest BCUT2D eigenvalue weighted by molar-refractivity contribution is 0.0527. The molecule has 2 N–H and O–H groups in total. The molecule has 104 valence electrons. The van der Waals surface area contributed by atoms with Crippen molar-refractivity contribution in [1.29, 1.82) is 0 Å². The third-order valence-electron chi connectivity index (χ3n) is 1.97. The van der Waals surface area contributed by atoms with Crippen LogP contribution in [0.3, 0.4) is 0 Å². The molecular weight excluding hydrogens is 250 g/mol. The third-order valence-corrected chi connectivity index (χ3v) is 1.97. The van der Waals surface area contributed by atoms with Crippen LogP contribution in [0.4, 0.5) is 4.79 Å². The first-order chi connectivity index (χ1) is 8.78. The van der Waals surface area contributed by atoms with Crippen LogP contribution in [-0.2, 0) is 11.2 Å². The highest BCUT2D eigenvalue weighted by Crippen LogP contribution is 2.06. The lowest BCUT2D eigenvalue weighted by Gasteiger charge is -2.19. The topological polar surface area (TPSA) is 101 Å². The molecule has 19 heavy (non-hydrogen) atoms. The largest absolute Gasteiger partial charge is 0.478 e. The first-order valence-corrected chi connectivity index (χ1v) is 5.79. The average molecular weight is 267 g/mol. The Balaban J connectivity index is 2.37. The van der Waals surface area contributed by atoms with E-state index >= 15 is 0 Å². The number of ether oxygens (including phenoxy) is 1. The summed E-state index contributed by atoms with van der Waals surface area (Å²) in [5.41, 5.74) is -0.507. The number of alkyl carbamates (subject to hydrolysis) is 1. The van der Waals surface area contributed by atoms with Gasteiger partial charge in [0.1, 0.15) is 11.4 Å². The predicted octanol–water partition coefficient (Wildman–Crippen LogP) is 1.24. The van der Waals surface area contributed by atoms with E-state index in [1.165, 1.54) is 12.4 Å². The standard InChI is InChI=1S/C12H17N3O4/c1-12(2,3)19-11(18)13-5-4-9-14-6-8(7-15-9)10(16)17/h6-7H,4-5H2,1-3H3,(H,13,18)(H,16,17). The smallest absolute Gasteiger partial charge is 0.407 e. The Bertz CT molecular complexity index is 451. The van der Waals surface area contributed by atoms with Crippen molar-refractivity contribution in [3.8, 4) is 0 Å². The number of hydrogen-bond acceptors (Lipinski definition) is 5. The minimum Gasteiger partial charge on any atom is -0.478 e. The molecule has 0 unspecified atom stereocenters. The summed E-state index contributed by atoms with van der Waals surface area (Å²) in [5.74, 6) is -0.612. The number of carbonyl (C=O) groups is 2. The number of rotatable bonds is 4. The van der Waals surface area contributed by atoms with Crippen LogP contribution >= 0.6 is 0 Å². The minimum absolute atomic E-state index is 0.0313. The maximum absolute atomic E-state index is 11.3. The first kappa shape index (κ1) is 14.9. The number of amides is 1. The van der Waals surface area contributed by atoms with Gasteiger partial charge in [0.15, 0.2) is 0 Å². The maximum atomic E-state index is 11.3. The van der Waals surface area contributed by atoms with E-state index in [0.717, 1.165) is 0 Å². The molecule has 0 spiro atoms. The fourth-order valence-corrected chi connectivity index (χ4v) is 1.18. The fraction of sp³-hybridized carbons (Fsp3) is 0.500. The maximum Gasteiger partial charge on any atom is 0.407 e. The average Bonchev–Trinajstić information content (AvgIpc) is 2.27. The summed E-state index contributed by atoms with van der Waals surface area (Å²) < 4.78 is 5.06. The van der Waals surface area contributed by atoms with Crippen LogP contribution in [0.5, 0.6) is 0 Å². The van der Waals surface area contributed by atoms with Gasteiger partial charge in [-0.3, -0.25) is 0 Å². The van der Waals surface area contributed by atoms with Crippen molar-refractivity contribution < 1.29 is 19.4 Å². The van der Waals surface area contributed by atoms with Crippen molar-refractivity contribution in [1.82, 2.24) is 15.3 Å². The molecule has 0 fully saturated rings. The SMILES string of the molecule is CC(C)(C)OC(=O)NCCc1ncc(C(=O)O)cn1. The highest BCUT2D eigenvalue weighted by atomic mass is 16.6. The molecule has 1 heterocycles. The second kappa shape index (κ2) is 6.12. The van der Waals surface area contributed by atoms with Gasteiger partial charge in [-0.1, -0.05) is 0 Å². The van der Waals surface area contributed by atoms with Gasteiger partial charge in [0.25, 0.3) is 0 Å². The molecule has 7 heteroatoms. The molecule has 0 aliphatic rings. The van der Waals surface area contributed by atoms with Crippen LogP contribution in [0, 0.1) is 0 Å². The quantitative estimate of drug-likeness (QED) is 0.851. The molecule has 0 saturated carbocycles. The van der Waals surface area contributed by atoms with Crippen LogP contribution in [-0.4, -0.2) is 39.3 Å². The molecule has 0 bridgehead atoms. The van der Waals surface area contributed by atoms with E-state index in [9.17, 15) is 9.59 Å². The van der Waals surface area contributed by atoms with Crippen molar-refractivity contribution in [3.05, 3.63) is 23.8 Å². The Kier molecular flexibility index (Phi) is 4.80. The zero-order chi connectivity index (χ0) is 14.5. The van der Waals surface area contributed by atoms with Crippen molar-refractivity contribution in [2.24, 2.45) is 0 Å². The molecule has 1 aromatic rings. The minimum atomic E-state index is -1.07. The van der Waals surface area contributed by atoms with Gasteiger partial charge in [0, 0.05) is 25.4 Å². The van der Waals surface area contributed by atoms with Crippen LogP contribution in [0.25, 0.3) is 0 Å². The third kappa shape index (κ3) is 5.80. The fourth-order valence-electron chi connectivity index (χ4n) is 1.18. The molecule has 1 aromatic heterocycles. The Hall–Kier alpha value is -2.18. The van der Waals surface area contributed by atoms with Crippen molar-refractivity contribution in [3.63, 3.8) is 0 Å². The lowest BCUT2D eigenvalue weighted by atomic mass is 10.2. The van der Waals surface area contributed by atoms with Crippen LogP contribution in [0.15, 0.2) is 12.4 Å². The van der Waals surface area contributed by atoms with Crippen LogP contribution in [0.1, 0.15) is 37.0 Å². The lowest BCUT2D eigenvalue weighted by Crippen LogP contribution is -2.33. The number of nitrogens with zero attached hydrogens (tertiary/aromatic N) is 2. The van der Waals surface area contributed by atoms with Gasteiger partial charge in [-0.15, -0.1) is 0 Å². The molecule has 1 rings (SSSR count). The molecule has 0 aromatic carbocycles. The van der Waals surface area contributed by atoms with Crippen molar-refractivity contribution >= 4 is 12.1 Å². The zero-order valence-corrected chi connectivity index (χ0v) is 11.1. The second-order valence-electron chi connectivity index (χ2n) is 4.87. The van der Waals surface area contributed by atoms with Gasteiger partial charge in [-0.05, 0) is 20.8 Å². The summed E-state index contributed by atoms with van der Waals surface area (Å²) >= 11 is 0. The normalized spacial score (nSPS) is 10.9.